The maximum atomic E-state index is 13.2. The van der Waals surface area contributed by atoms with Gasteiger partial charge in [0.05, 0.1) is 32.5 Å². The van der Waals surface area contributed by atoms with E-state index < -0.39 is 0 Å². The van der Waals surface area contributed by atoms with Crippen LogP contribution in [0.4, 0.5) is 0 Å². The molecule has 0 amide bonds. The summed E-state index contributed by atoms with van der Waals surface area (Å²) in [6.07, 6.45) is 2.12. The smallest absolute Gasteiger partial charge is 0.253 e. The van der Waals surface area contributed by atoms with Gasteiger partial charge in [-0.1, -0.05) is 0 Å². The van der Waals surface area contributed by atoms with E-state index in [0.717, 1.165) is 36.1 Å². The predicted octanol–water partition coefficient (Wildman–Crippen LogP) is 1.51. The van der Waals surface area contributed by atoms with Gasteiger partial charge in [-0.15, -0.1) is 5.10 Å². The molecule has 0 spiro atoms. The number of fused-ring (bicyclic) bond motifs is 1. The van der Waals surface area contributed by atoms with E-state index in [0.29, 0.717) is 50.8 Å². The molecule has 2 fully saturated rings. The molecule has 0 radical (unpaired) electrons. The molecule has 0 unspecified atom stereocenters. The van der Waals surface area contributed by atoms with Crippen LogP contribution in [0, 0.1) is 0 Å². The summed E-state index contributed by atoms with van der Waals surface area (Å²) < 4.78 is 18.8. The molecule has 4 heterocycles. The quantitative estimate of drug-likeness (QED) is 0.589. The van der Waals surface area contributed by atoms with Crippen LogP contribution in [-0.4, -0.2) is 75.7 Å². The summed E-state index contributed by atoms with van der Waals surface area (Å²) in [5.41, 5.74) is 1.23. The average Bonchev–Trinajstić information content (AvgIpc) is 3.49. The number of hydrogen-bond donors (Lipinski definition) is 1. The minimum absolute atomic E-state index is 0.0891. The molecule has 0 bridgehead atoms. The fraction of sp³-hybridized carbons (Fsp3) is 0.545. The van der Waals surface area contributed by atoms with E-state index >= 15 is 0 Å². The fourth-order valence-corrected chi connectivity index (χ4v) is 4.51. The molecule has 10 nitrogen and oxygen atoms in total. The lowest BCUT2D eigenvalue weighted by atomic mass is 10.0. The SMILES string of the molecule is CCOc1ccc2[nH]c(=O)c([C@@H](c3nnnn3C[C@@H]3CCCO3)N3CCOCC3)cc2c1. The fourth-order valence-electron chi connectivity index (χ4n) is 4.51. The first-order chi connectivity index (χ1) is 15.7. The Hall–Kier alpha value is -2.82. The molecule has 5 rings (SSSR count). The first-order valence-corrected chi connectivity index (χ1v) is 11.2. The number of H-pyrrole nitrogens is 1. The number of morpholine rings is 1. The van der Waals surface area contributed by atoms with Crippen LogP contribution >= 0.6 is 0 Å². The molecule has 0 aliphatic carbocycles. The van der Waals surface area contributed by atoms with E-state index in [-0.39, 0.29) is 17.7 Å². The second-order valence-corrected chi connectivity index (χ2v) is 8.14. The number of hydrogen-bond acceptors (Lipinski definition) is 8. The largest absolute Gasteiger partial charge is 0.494 e. The molecule has 2 aliphatic rings. The minimum Gasteiger partial charge on any atom is -0.494 e. The highest BCUT2D eigenvalue weighted by Gasteiger charge is 2.32. The summed E-state index contributed by atoms with van der Waals surface area (Å²) in [4.78, 5) is 18.5. The van der Waals surface area contributed by atoms with Crippen molar-refractivity contribution < 1.29 is 14.2 Å². The average molecular weight is 441 g/mol. The van der Waals surface area contributed by atoms with Crippen LogP contribution in [0.5, 0.6) is 5.75 Å². The van der Waals surface area contributed by atoms with Gasteiger partial charge in [-0.2, -0.15) is 0 Å². The van der Waals surface area contributed by atoms with Gasteiger partial charge in [-0.05, 0) is 54.5 Å². The number of pyridine rings is 1. The van der Waals surface area contributed by atoms with E-state index in [9.17, 15) is 4.79 Å². The van der Waals surface area contributed by atoms with E-state index in [1.807, 2.05) is 31.2 Å². The van der Waals surface area contributed by atoms with Crippen LogP contribution < -0.4 is 10.3 Å². The number of aromatic nitrogens is 5. The van der Waals surface area contributed by atoms with Gasteiger partial charge in [0, 0.05) is 36.2 Å². The Labute approximate surface area is 185 Å². The van der Waals surface area contributed by atoms with Crippen molar-refractivity contribution in [2.45, 2.75) is 38.5 Å². The van der Waals surface area contributed by atoms with Gasteiger partial charge in [0.2, 0.25) is 0 Å². The van der Waals surface area contributed by atoms with Crippen molar-refractivity contribution >= 4 is 10.9 Å². The highest BCUT2D eigenvalue weighted by molar-refractivity contribution is 5.80. The summed E-state index contributed by atoms with van der Waals surface area (Å²) in [7, 11) is 0. The zero-order chi connectivity index (χ0) is 21.9. The van der Waals surface area contributed by atoms with Gasteiger partial charge in [0.1, 0.15) is 11.8 Å². The number of rotatable bonds is 7. The predicted molar refractivity (Wildman–Crippen MR) is 117 cm³/mol. The number of aromatic amines is 1. The third-order valence-corrected chi connectivity index (χ3v) is 6.07. The van der Waals surface area contributed by atoms with Crippen molar-refractivity contribution in [3.8, 4) is 5.75 Å². The second-order valence-electron chi connectivity index (χ2n) is 8.14. The Morgan fingerprint density at radius 2 is 2.12 bits per heavy atom. The number of benzene rings is 1. The molecule has 2 aromatic heterocycles. The Bertz CT molecular complexity index is 1120. The third kappa shape index (κ3) is 4.25. The van der Waals surface area contributed by atoms with Crippen LogP contribution in [-0.2, 0) is 16.0 Å². The van der Waals surface area contributed by atoms with Gasteiger partial charge in [0.25, 0.3) is 5.56 Å². The molecular formula is C22H28N6O4. The van der Waals surface area contributed by atoms with Gasteiger partial charge in [-0.25, -0.2) is 4.68 Å². The van der Waals surface area contributed by atoms with Crippen molar-refractivity contribution in [1.82, 2.24) is 30.1 Å². The van der Waals surface area contributed by atoms with Crippen LogP contribution in [0.15, 0.2) is 29.1 Å². The van der Waals surface area contributed by atoms with Crippen molar-refractivity contribution in [1.29, 1.82) is 0 Å². The first kappa shape index (κ1) is 21.0. The van der Waals surface area contributed by atoms with E-state index in [2.05, 4.69) is 25.4 Å². The number of ether oxygens (including phenoxy) is 3. The second kappa shape index (κ2) is 9.35. The van der Waals surface area contributed by atoms with Gasteiger partial charge in [0.15, 0.2) is 5.82 Å². The van der Waals surface area contributed by atoms with Gasteiger partial charge >= 0.3 is 0 Å². The highest BCUT2D eigenvalue weighted by atomic mass is 16.5. The van der Waals surface area contributed by atoms with Gasteiger partial charge < -0.3 is 19.2 Å². The molecule has 1 aromatic carbocycles. The van der Waals surface area contributed by atoms with Crippen molar-refractivity contribution in [3.63, 3.8) is 0 Å². The Kier molecular flexibility index (Phi) is 6.15. The summed E-state index contributed by atoms with van der Waals surface area (Å²) in [6.45, 7) is 6.45. The molecule has 3 aromatic rings. The Morgan fingerprint density at radius 3 is 2.91 bits per heavy atom. The summed E-state index contributed by atoms with van der Waals surface area (Å²) in [5, 5.41) is 13.5. The van der Waals surface area contributed by atoms with Crippen LogP contribution in [0.25, 0.3) is 10.9 Å². The molecule has 0 saturated carbocycles. The van der Waals surface area contributed by atoms with Gasteiger partial charge in [-0.3, -0.25) is 9.69 Å². The van der Waals surface area contributed by atoms with Crippen molar-refractivity contribution in [2.75, 3.05) is 39.5 Å². The number of nitrogens with zero attached hydrogens (tertiary/aromatic N) is 5. The van der Waals surface area contributed by atoms with Crippen LogP contribution in [0.3, 0.4) is 0 Å². The topological polar surface area (TPSA) is 107 Å². The Balaban J connectivity index is 1.58. The lowest BCUT2D eigenvalue weighted by molar-refractivity contribution is 0.0205. The molecule has 2 atom stereocenters. The normalized spacial score (nSPS) is 20.6. The molecular weight excluding hydrogens is 412 g/mol. The maximum Gasteiger partial charge on any atom is 0.253 e. The van der Waals surface area contributed by atoms with E-state index in [1.54, 1.807) is 4.68 Å². The highest BCUT2D eigenvalue weighted by Crippen LogP contribution is 2.29. The lowest BCUT2D eigenvalue weighted by Crippen LogP contribution is -2.42. The zero-order valence-electron chi connectivity index (χ0n) is 18.2. The molecule has 10 heteroatoms. The van der Waals surface area contributed by atoms with E-state index in [4.69, 9.17) is 14.2 Å². The summed E-state index contributed by atoms with van der Waals surface area (Å²) in [5.74, 6) is 1.41. The minimum atomic E-state index is -0.390. The lowest BCUT2D eigenvalue weighted by Gasteiger charge is -2.33. The third-order valence-electron chi connectivity index (χ3n) is 6.07. The van der Waals surface area contributed by atoms with Crippen molar-refractivity contribution in [3.05, 3.63) is 46.0 Å². The molecule has 2 saturated heterocycles. The van der Waals surface area contributed by atoms with Crippen molar-refractivity contribution in [2.24, 2.45) is 0 Å². The number of tetrazole rings is 1. The molecule has 170 valence electrons. The maximum absolute atomic E-state index is 13.2. The standard InChI is InChI=1S/C22H28N6O4/c1-2-31-16-5-6-19-15(12-16)13-18(22(29)23-19)20(27-7-10-30-11-8-27)21-24-25-26-28(21)14-17-4-3-9-32-17/h5-6,12-13,17,20H,2-4,7-11,14H2,1H3,(H,23,29)/t17-,20-/m0/s1. The zero-order valence-corrected chi connectivity index (χ0v) is 18.2. The Morgan fingerprint density at radius 1 is 1.25 bits per heavy atom. The number of nitrogens with one attached hydrogen (secondary N) is 1. The molecule has 32 heavy (non-hydrogen) atoms. The summed E-state index contributed by atoms with van der Waals surface area (Å²) >= 11 is 0. The van der Waals surface area contributed by atoms with E-state index in [1.165, 1.54) is 0 Å². The molecule has 2 aliphatic heterocycles. The molecule has 1 N–H and O–H groups in total. The first-order valence-electron chi connectivity index (χ1n) is 11.2. The van der Waals surface area contributed by atoms with Crippen LogP contribution in [0.1, 0.15) is 37.2 Å². The monoisotopic (exact) mass is 440 g/mol. The summed E-state index contributed by atoms with van der Waals surface area (Å²) in [6, 6.07) is 7.23. The van der Waals surface area contributed by atoms with Crippen LogP contribution in [0.2, 0.25) is 0 Å².